The maximum Gasteiger partial charge on any atom is 0.213 e. The number of hydrogen-bond donors (Lipinski definition) is 2. The number of aromatic nitrogens is 1. The van der Waals surface area contributed by atoms with Gasteiger partial charge in [0.25, 0.3) is 0 Å². The maximum atomic E-state index is 9.22. The molecule has 0 aliphatic rings. The first-order valence-electron chi connectivity index (χ1n) is 5.76. The number of pyridine rings is 1. The number of benzene rings is 1. The second-order valence-electron chi connectivity index (χ2n) is 3.84. The first-order chi connectivity index (χ1) is 8.83. The molecule has 2 aromatic rings. The van der Waals surface area contributed by atoms with E-state index < -0.39 is 0 Å². The Morgan fingerprint density at radius 1 is 1.17 bits per heavy atom. The topological polar surface area (TPSA) is 54.4 Å². The fourth-order valence-electron chi connectivity index (χ4n) is 1.69. The van der Waals surface area contributed by atoms with Gasteiger partial charge in [0.15, 0.2) is 0 Å². The second kappa shape index (κ2) is 6.02. The largest absolute Gasteiger partial charge is 0.481 e. The molecule has 0 fully saturated rings. The van der Waals surface area contributed by atoms with Crippen molar-refractivity contribution in [2.45, 2.75) is 13.2 Å². The van der Waals surface area contributed by atoms with Gasteiger partial charge < -0.3 is 15.2 Å². The molecule has 2 rings (SSSR count). The predicted molar refractivity (Wildman–Crippen MR) is 70.5 cm³/mol. The molecule has 18 heavy (non-hydrogen) atoms. The van der Waals surface area contributed by atoms with Crippen LogP contribution in [0.1, 0.15) is 11.3 Å². The van der Waals surface area contributed by atoms with Gasteiger partial charge in [0.05, 0.1) is 26.0 Å². The van der Waals surface area contributed by atoms with Crippen LogP contribution in [-0.4, -0.2) is 17.2 Å². The third-order valence-electron chi connectivity index (χ3n) is 2.64. The summed E-state index contributed by atoms with van der Waals surface area (Å²) in [5, 5.41) is 12.5. The second-order valence-corrected chi connectivity index (χ2v) is 3.84. The van der Waals surface area contributed by atoms with Gasteiger partial charge in [-0.2, -0.15) is 0 Å². The summed E-state index contributed by atoms with van der Waals surface area (Å²) in [6.45, 7) is 0.614. The molecule has 0 bridgehead atoms. The van der Waals surface area contributed by atoms with Crippen molar-refractivity contribution >= 4 is 5.69 Å². The Kier molecular flexibility index (Phi) is 4.15. The fourth-order valence-corrected chi connectivity index (χ4v) is 1.69. The van der Waals surface area contributed by atoms with Gasteiger partial charge in [0.2, 0.25) is 5.88 Å². The van der Waals surface area contributed by atoms with Gasteiger partial charge >= 0.3 is 0 Å². The Bertz CT molecular complexity index is 515. The highest BCUT2D eigenvalue weighted by molar-refractivity contribution is 5.50. The minimum atomic E-state index is 0.0225. The van der Waals surface area contributed by atoms with Crippen molar-refractivity contribution in [3.05, 3.63) is 53.7 Å². The third kappa shape index (κ3) is 2.99. The van der Waals surface area contributed by atoms with Crippen molar-refractivity contribution in [1.82, 2.24) is 4.98 Å². The molecule has 0 aliphatic heterocycles. The van der Waals surface area contributed by atoms with Gasteiger partial charge in [-0.3, -0.25) is 0 Å². The lowest BCUT2D eigenvalue weighted by molar-refractivity contribution is 0.282. The quantitative estimate of drug-likeness (QED) is 0.846. The van der Waals surface area contributed by atoms with Crippen molar-refractivity contribution in [3.63, 3.8) is 0 Å². The lowest BCUT2D eigenvalue weighted by Gasteiger charge is -2.10. The number of para-hydroxylation sites is 1. The Balaban J connectivity index is 2.06. The summed E-state index contributed by atoms with van der Waals surface area (Å²) in [7, 11) is 1.60. The number of methoxy groups -OCH3 is 1. The molecule has 0 radical (unpaired) electrons. The Hall–Kier alpha value is -2.07. The highest BCUT2D eigenvalue weighted by Gasteiger charge is 2.01. The molecule has 0 saturated carbocycles. The van der Waals surface area contributed by atoms with E-state index in [-0.39, 0.29) is 6.61 Å². The van der Waals surface area contributed by atoms with Gasteiger partial charge in [-0.25, -0.2) is 4.98 Å². The van der Waals surface area contributed by atoms with E-state index >= 15 is 0 Å². The first-order valence-corrected chi connectivity index (χ1v) is 5.76. The summed E-state index contributed by atoms with van der Waals surface area (Å²) in [4.78, 5) is 4.31. The van der Waals surface area contributed by atoms with Crippen molar-refractivity contribution in [1.29, 1.82) is 0 Å². The number of rotatable bonds is 5. The van der Waals surface area contributed by atoms with Crippen LogP contribution in [0, 0.1) is 0 Å². The lowest BCUT2D eigenvalue weighted by atomic mass is 10.2. The van der Waals surface area contributed by atoms with Gasteiger partial charge in [0.1, 0.15) is 0 Å². The van der Waals surface area contributed by atoms with Crippen molar-refractivity contribution in [3.8, 4) is 5.88 Å². The molecule has 0 unspecified atom stereocenters. The van der Waals surface area contributed by atoms with E-state index in [1.165, 1.54) is 0 Å². The highest BCUT2D eigenvalue weighted by atomic mass is 16.5. The number of nitrogens with zero attached hydrogens (tertiary/aromatic N) is 1. The van der Waals surface area contributed by atoms with E-state index in [9.17, 15) is 5.11 Å². The number of ether oxygens (including phenoxy) is 1. The van der Waals surface area contributed by atoms with E-state index in [0.29, 0.717) is 12.4 Å². The standard InChI is InChI=1S/C14H16N2O2/c1-18-14-8-4-6-12(16-14)9-15-13-7-3-2-5-11(13)10-17/h2-8,15,17H,9-10H2,1H3. The molecular formula is C14H16N2O2. The number of anilines is 1. The van der Waals surface area contributed by atoms with Crippen molar-refractivity contribution < 1.29 is 9.84 Å². The summed E-state index contributed by atoms with van der Waals surface area (Å²) >= 11 is 0. The zero-order valence-electron chi connectivity index (χ0n) is 10.3. The zero-order valence-corrected chi connectivity index (χ0v) is 10.3. The smallest absolute Gasteiger partial charge is 0.213 e. The number of aliphatic hydroxyl groups is 1. The Labute approximate surface area is 106 Å². The average molecular weight is 244 g/mol. The van der Waals surface area contributed by atoms with E-state index in [4.69, 9.17) is 4.74 Å². The van der Waals surface area contributed by atoms with E-state index in [2.05, 4.69) is 10.3 Å². The first kappa shape index (κ1) is 12.4. The van der Waals surface area contributed by atoms with Crippen molar-refractivity contribution in [2.75, 3.05) is 12.4 Å². The molecule has 0 atom stereocenters. The molecule has 4 nitrogen and oxygen atoms in total. The molecule has 1 aromatic heterocycles. The molecule has 0 saturated heterocycles. The Morgan fingerprint density at radius 2 is 2.00 bits per heavy atom. The molecule has 2 N–H and O–H groups in total. The van der Waals surface area contributed by atoms with Crippen LogP contribution in [0.4, 0.5) is 5.69 Å². The summed E-state index contributed by atoms with van der Waals surface area (Å²) < 4.78 is 5.07. The molecule has 0 amide bonds. The lowest BCUT2D eigenvalue weighted by Crippen LogP contribution is -2.04. The van der Waals surface area contributed by atoms with Crippen LogP contribution in [0.15, 0.2) is 42.5 Å². The molecule has 4 heteroatoms. The molecule has 94 valence electrons. The fraction of sp³-hybridized carbons (Fsp3) is 0.214. The van der Waals surface area contributed by atoms with Crippen LogP contribution in [0.5, 0.6) is 5.88 Å². The molecule has 0 aliphatic carbocycles. The van der Waals surface area contributed by atoms with Gasteiger partial charge in [0, 0.05) is 17.3 Å². The van der Waals surface area contributed by atoms with E-state index in [1.54, 1.807) is 7.11 Å². The van der Waals surface area contributed by atoms with E-state index in [1.807, 2.05) is 42.5 Å². The summed E-state index contributed by atoms with van der Waals surface area (Å²) in [5.41, 5.74) is 2.69. The normalized spacial score (nSPS) is 10.1. The molecule has 1 heterocycles. The predicted octanol–water partition coefficient (Wildman–Crippen LogP) is 2.19. The summed E-state index contributed by atoms with van der Waals surface area (Å²) in [6.07, 6.45) is 0. The third-order valence-corrected chi connectivity index (χ3v) is 2.64. The maximum absolute atomic E-state index is 9.22. The minimum Gasteiger partial charge on any atom is -0.481 e. The SMILES string of the molecule is COc1cccc(CNc2ccccc2CO)n1. The van der Waals surface area contributed by atoms with Gasteiger partial charge in [-0.1, -0.05) is 24.3 Å². The average Bonchev–Trinajstić information content (AvgIpc) is 2.45. The van der Waals surface area contributed by atoms with Crippen LogP contribution in [0.3, 0.4) is 0 Å². The Morgan fingerprint density at radius 3 is 2.78 bits per heavy atom. The van der Waals surface area contributed by atoms with Gasteiger partial charge in [-0.05, 0) is 12.1 Å². The van der Waals surface area contributed by atoms with Crippen LogP contribution in [0.25, 0.3) is 0 Å². The number of aliphatic hydroxyl groups excluding tert-OH is 1. The summed E-state index contributed by atoms with van der Waals surface area (Å²) in [6, 6.07) is 13.3. The molecule has 1 aromatic carbocycles. The van der Waals surface area contributed by atoms with Crippen LogP contribution in [0.2, 0.25) is 0 Å². The number of hydrogen-bond acceptors (Lipinski definition) is 4. The van der Waals surface area contributed by atoms with Gasteiger partial charge in [-0.15, -0.1) is 0 Å². The zero-order chi connectivity index (χ0) is 12.8. The number of nitrogens with one attached hydrogen (secondary N) is 1. The van der Waals surface area contributed by atoms with E-state index in [0.717, 1.165) is 16.9 Å². The summed E-state index contributed by atoms with van der Waals surface area (Å²) in [5.74, 6) is 0.602. The minimum absolute atomic E-state index is 0.0225. The monoisotopic (exact) mass is 244 g/mol. The van der Waals surface area contributed by atoms with Crippen molar-refractivity contribution in [2.24, 2.45) is 0 Å². The molecular weight excluding hydrogens is 228 g/mol. The van der Waals surface area contributed by atoms with Crippen LogP contribution < -0.4 is 10.1 Å². The molecule has 0 spiro atoms. The highest BCUT2D eigenvalue weighted by Crippen LogP contribution is 2.16. The van der Waals surface area contributed by atoms with Crippen LogP contribution in [-0.2, 0) is 13.2 Å². The van der Waals surface area contributed by atoms with Crippen LogP contribution >= 0.6 is 0 Å².